The smallest absolute Gasteiger partial charge is 0.164 e. The number of carbonyl (C=O) groups excluding carboxylic acids is 1. The summed E-state index contributed by atoms with van der Waals surface area (Å²) in [7, 11) is 1.78. The molecule has 0 saturated heterocycles. The Labute approximate surface area is 163 Å². The third-order valence-corrected chi connectivity index (χ3v) is 4.70. The van der Waals surface area contributed by atoms with Crippen LogP contribution in [0, 0.1) is 11.3 Å². The number of nitriles is 1. The highest BCUT2D eigenvalue weighted by Gasteiger charge is 2.26. The van der Waals surface area contributed by atoms with E-state index in [2.05, 4.69) is 16.3 Å². The van der Waals surface area contributed by atoms with Crippen molar-refractivity contribution in [2.24, 2.45) is 7.05 Å². The van der Waals surface area contributed by atoms with E-state index in [0.29, 0.717) is 29.5 Å². The molecule has 27 heavy (non-hydrogen) atoms. The topological polar surface area (TPSA) is 71.6 Å². The molecule has 0 N–H and O–H groups in total. The molecule has 2 aromatic carbocycles. The SMILES string of the molecule is Cn1c(-c2ccccc2)nnc1C(C#N)C(=O)CCCc1ccc(Cl)cc1. The first-order valence-electron chi connectivity index (χ1n) is 8.71. The number of halogens is 1. The van der Waals surface area contributed by atoms with Crippen molar-refractivity contribution in [2.75, 3.05) is 0 Å². The van der Waals surface area contributed by atoms with Crippen LogP contribution in [0.1, 0.15) is 30.1 Å². The molecule has 0 spiro atoms. The van der Waals surface area contributed by atoms with Crippen molar-refractivity contribution in [2.45, 2.75) is 25.2 Å². The number of carbonyl (C=O) groups is 1. The van der Waals surface area contributed by atoms with Gasteiger partial charge in [0.2, 0.25) is 0 Å². The van der Waals surface area contributed by atoms with Crippen LogP contribution in [0.4, 0.5) is 0 Å². The second-order valence-electron chi connectivity index (χ2n) is 6.32. The van der Waals surface area contributed by atoms with Crippen LogP contribution in [0.5, 0.6) is 0 Å². The van der Waals surface area contributed by atoms with Crippen LogP contribution in [0.3, 0.4) is 0 Å². The number of ketones is 1. The Hall–Kier alpha value is -2.97. The van der Waals surface area contributed by atoms with Crippen molar-refractivity contribution < 1.29 is 4.79 Å². The van der Waals surface area contributed by atoms with Crippen molar-refractivity contribution in [1.82, 2.24) is 14.8 Å². The van der Waals surface area contributed by atoms with Crippen LogP contribution in [-0.4, -0.2) is 20.5 Å². The molecule has 136 valence electrons. The zero-order valence-electron chi connectivity index (χ0n) is 15.0. The van der Waals surface area contributed by atoms with E-state index in [9.17, 15) is 10.1 Å². The van der Waals surface area contributed by atoms with E-state index in [1.807, 2.05) is 54.6 Å². The van der Waals surface area contributed by atoms with E-state index in [1.54, 1.807) is 11.6 Å². The average molecular weight is 379 g/mol. The maximum Gasteiger partial charge on any atom is 0.164 e. The number of nitrogens with zero attached hydrogens (tertiary/aromatic N) is 4. The maximum atomic E-state index is 12.6. The molecule has 0 aliphatic heterocycles. The van der Waals surface area contributed by atoms with Crippen LogP contribution in [0.25, 0.3) is 11.4 Å². The Morgan fingerprint density at radius 2 is 1.85 bits per heavy atom. The van der Waals surface area contributed by atoms with Gasteiger partial charge in [-0.15, -0.1) is 10.2 Å². The van der Waals surface area contributed by atoms with Gasteiger partial charge >= 0.3 is 0 Å². The fourth-order valence-electron chi connectivity index (χ4n) is 2.97. The van der Waals surface area contributed by atoms with Crippen molar-refractivity contribution in [1.29, 1.82) is 5.26 Å². The number of rotatable bonds is 7. The van der Waals surface area contributed by atoms with Gasteiger partial charge in [0.15, 0.2) is 23.3 Å². The monoisotopic (exact) mass is 378 g/mol. The number of Topliss-reactive ketones (excluding diaryl/α,β-unsaturated/α-hetero) is 1. The number of hydrogen-bond acceptors (Lipinski definition) is 4. The van der Waals surface area contributed by atoms with Gasteiger partial charge in [0.1, 0.15) is 0 Å². The lowest BCUT2D eigenvalue weighted by atomic mass is 9.98. The summed E-state index contributed by atoms with van der Waals surface area (Å²) in [5, 5.41) is 18.5. The summed E-state index contributed by atoms with van der Waals surface area (Å²) >= 11 is 5.88. The number of hydrogen-bond donors (Lipinski definition) is 0. The Morgan fingerprint density at radius 1 is 1.15 bits per heavy atom. The van der Waals surface area contributed by atoms with Gasteiger partial charge in [-0.05, 0) is 30.5 Å². The van der Waals surface area contributed by atoms with E-state index in [4.69, 9.17) is 11.6 Å². The molecule has 1 unspecified atom stereocenters. The van der Waals surface area contributed by atoms with Gasteiger partial charge in [0.25, 0.3) is 0 Å². The van der Waals surface area contributed by atoms with E-state index in [0.717, 1.165) is 17.5 Å². The Kier molecular flexibility index (Phi) is 6.00. The summed E-state index contributed by atoms with van der Waals surface area (Å²) in [5.41, 5.74) is 2.01. The summed E-state index contributed by atoms with van der Waals surface area (Å²) in [6, 6.07) is 19.2. The van der Waals surface area contributed by atoms with E-state index >= 15 is 0 Å². The van der Waals surface area contributed by atoms with Gasteiger partial charge in [0, 0.05) is 24.1 Å². The third-order valence-electron chi connectivity index (χ3n) is 4.45. The molecule has 1 atom stereocenters. The highest BCUT2D eigenvalue weighted by molar-refractivity contribution is 6.30. The van der Waals surface area contributed by atoms with E-state index in [1.165, 1.54) is 0 Å². The van der Waals surface area contributed by atoms with Gasteiger partial charge in [-0.2, -0.15) is 5.26 Å². The molecule has 0 fully saturated rings. The largest absolute Gasteiger partial charge is 0.313 e. The van der Waals surface area contributed by atoms with Gasteiger partial charge in [-0.1, -0.05) is 54.1 Å². The predicted octanol–water partition coefficient (Wildman–Crippen LogP) is 4.33. The molecule has 1 heterocycles. The molecule has 0 saturated carbocycles. The van der Waals surface area contributed by atoms with Gasteiger partial charge in [-0.25, -0.2) is 0 Å². The normalized spacial score (nSPS) is 11.7. The minimum Gasteiger partial charge on any atom is -0.313 e. The quantitative estimate of drug-likeness (QED) is 0.613. The predicted molar refractivity (Wildman–Crippen MR) is 104 cm³/mol. The molecule has 3 aromatic rings. The molecule has 3 rings (SSSR count). The zero-order chi connectivity index (χ0) is 19.2. The molecular weight excluding hydrogens is 360 g/mol. The number of benzene rings is 2. The molecule has 6 heteroatoms. The first-order chi connectivity index (χ1) is 13.1. The van der Waals surface area contributed by atoms with Crippen LogP contribution in [0.2, 0.25) is 5.02 Å². The van der Waals surface area contributed by atoms with E-state index < -0.39 is 5.92 Å². The van der Waals surface area contributed by atoms with Crippen LogP contribution < -0.4 is 0 Å². The zero-order valence-corrected chi connectivity index (χ0v) is 15.7. The highest BCUT2D eigenvalue weighted by atomic mass is 35.5. The summed E-state index contributed by atoms with van der Waals surface area (Å²) in [5.74, 6) is -0.0283. The fourth-order valence-corrected chi connectivity index (χ4v) is 3.09. The Bertz CT molecular complexity index is 958. The fraction of sp³-hybridized carbons (Fsp3) is 0.238. The van der Waals surface area contributed by atoms with Crippen molar-refractivity contribution in [3.05, 3.63) is 71.0 Å². The summed E-state index contributed by atoms with van der Waals surface area (Å²) in [4.78, 5) is 12.6. The lowest BCUT2D eigenvalue weighted by Crippen LogP contribution is -2.15. The summed E-state index contributed by atoms with van der Waals surface area (Å²) in [6.07, 6.45) is 1.74. The Balaban J connectivity index is 1.68. The van der Waals surface area contributed by atoms with Crippen molar-refractivity contribution >= 4 is 17.4 Å². The van der Waals surface area contributed by atoms with Crippen molar-refractivity contribution in [3.63, 3.8) is 0 Å². The summed E-state index contributed by atoms with van der Waals surface area (Å²) < 4.78 is 1.72. The van der Waals surface area contributed by atoms with Crippen LogP contribution in [0.15, 0.2) is 54.6 Å². The first kappa shape index (κ1) is 18.8. The Morgan fingerprint density at radius 3 is 2.52 bits per heavy atom. The van der Waals surface area contributed by atoms with Gasteiger partial charge < -0.3 is 4.57 Å². The van der Waals surface area contributed by atoms with Crippen LogP contribution in [-0.2, 0) is 18.3 Å². The minimum atomic E-state index is -0.912. The molecule has 0 aliphatic carbocycles. The second kappa shape index (κ2) is 8.61. The molecule has 5 nitrogen and oxygen atoms in total. The number of aryl methyl sites for hydroxylation is 1. The molecule has 0 amide bonds. The molecule has 0 radical (unpaired) electrons. The standard InChI is InChI=1S/C21H19ClN4O/c1-26-20(16-7-3-2-4-8-16)24-25-21(26)18(14-23)19(27)9-5-6-15-10-12-17(22)13-11-15/h2-4,7-8,10-13,18H,5-6,9H2,1H3. The molecule has 0 aliphatic rings. The van der Waals surface area contributed by atoms with Gasteiger partial charge in [0.05, 0.1) is 6.07 Å². The molecule has 1 aromatic heterocycles. The molecule has 0 bridgehead atoms. The average Bonchev–Trinajstić information content (AvgIpc) is 3.06. The van der Waals surface area contributed by atoms with Crippen molar-refractivity contribution in [3.8, 4) is 17.5 Å². The minimum absolute atomic E-state index is 0.137. The summed E-state index contributed by atoms with van der Waals surface area (Å²) in [6.45, 7) is 0. The lowest BCUT2D eigenvalue weighted by molar-refractivity contribution is -0.119. The molecular formula is C21H19ClN4O. The van der Waals surface area contributed by atoms with Gasteiger partial charge in [-0.3, -0.25) is 4.79 Å². The third kappa shape index (κ3) is 4.42. The first-order valence-corrected chi connectivity index (χ1v) is 9.09. The lowest BCUT2D eigenvalue weighted by Gasteiger charge is -2.09. The van der Waals surface area contributed by atoms with E-state index in [-0.39, 0.29) is 5.78 Å². The maximum absolute atomic E-state index is 12.6. The second-order valence-corrected chi connectivity index (χ2v) is 6.75. The number of aromatic nitrogens is 3. The highest BCUT2D eigenvalue weighted by Crippen LogP contribution is 2.23. The van der Waals surface area contributed by atoms with Crippen LogP contribution >= 0.6 is 11.6 Å².